The molecule has 0 aliphatic carbocycles. The van der Waals surface area contributed by atoms with Crippen LogP contribution in [-0.2, 0) is 4.74 Å². The van der Waals surface area contributed by atoms with E-state index in [0.717, 1.165) is 0 Å². The van der Waals surface area contributed by atoms with Gasteiger partial charge in [0.25, 0.3) is 0 Å². The van der Waals surface area contributed by atoms with Crippen LogP contribution < -0.4 is 0 Å². The van der Waals surface area contributed by atoms with Crippen molar-refractivity contribution in [3.8, 4) is 0 Å². The van der Waals surface area contributed by atoms with Gasteiger partial charge in [0.1, 0.15) is 0 Å². The summed E-state index contributed by atoms with van der Waals surface area (Å²) >= 11 is 0. The van der Waals surface area contributed by atoms with E-state index in [2.05, 4.69) is 4.74 Å². The lowest BCUT2D eigenvalue weighted by atomic mass is 10.3. The van der Waals surface area contributed by atoms with E-state index in [-0.39, 0.29) is 6.61 Å². The van der Waals surface area contributed by atoms with Gasteiger partial charge in [0.05, 0.1) is 6.61 Å². The highest BCUT2D eigenvalue weighted by molar-refractivity contribution is 5.56. The third-order valence-corrected chi connectivity index (χ3v) is 0.896. The average molecular weight is 144 g/mol. The number of hydrogen-bond acceptors (Lipinski definition) is 2. The van der Waals surface area contributed by atoms with Gasteiger partial charge in [-0.25, -0.2) is 4.79 Å². The number of carboxylic acid groups (broad SMARTS) is 1. The first-order chi connectivity index (χ1) is 4.63. The maximum atomic E-state index is 9.80. The Hall–Kier alpha value is -0.990. The molecular weight excluding hydrogens is 132 g/mol. The molecule has 58 valence electrons. The zero-order valence-corrected chi connectivity index (χ0v) is 6.26. The average Bonchev–Trinajstić information content (AvgIpc) is 1.79. The first-order valence-electron chi connectivity index (χ1n) is 3.12. The van der Waals surface area contributed by atoms with Gasteiger partial charge in [-0.2, -0.15) is 0 Å². The van der Waals surface area contributed by atoms with Gasteiger partial charge in [0, 0.05) is 0 Å². The molecule has 0 rings (SSSR count). The Kier molecular flexibility index (Phi) is 4.37. The second kappa shape index (κ2) is 4.85. The Morgan fingerprint density at radius 1 is 1.60 bits per heavy atom. The molecule has 0 radical (unpaired) electrons. The fourth-order valence-corrected chi connectivity index (χ4v) is 0.494. The van der Waals surface area contributed by atoms with Crippen LogP contribution in [0.3, 0.4) is 0 Å². The Balaban J connectivity index is 3.21. The molecule has 3 nitrogen and oxygen atoms in total. The normalized spacial score (nSPS) is 8.60. The second-order valence-electron chi connectivity index (χ2n) is 2.18. The molecule has 0 spiro atoms. The first kappa shape index (κ1) is 9.01. The van der Waals surface area contributed by atoms with Gasteiger partial charge in [-0.3, -0.25) is 0 Å². The quantitative estimate of drug-likeness (QED) is 0.374. The molecule has 0 amide bonds. The summed E-state index contributed by atoms with van der Waals surface area (Å²) in [5.74, 6) is 0. The number of allylic oxidation sites excluding steroid dienone is 1. The molecule has 10 heavy (non-hydrogen) atoms. The highest BCUT2D eigenvalue weighted by atomic mass is 16.7. The Morgan fingerprint density at radius 2 is 2.20 bits per heavy atom. The summed E-state index contributed by atoms with van der Waals surface area (Å²) in [6, 6.07) is 0. The lowest BCUT2D eigenvalue weighted by molar-refractivity contribution is 0.0932. The maximum Gasteiger partial charge on any atom is 0.505 e. The van der Waals surface area contributed by atoms with E-state index in [0.29, 0.717) is 6.42 Å². The van der Waals surface area contributed by atoms with Crippen molar-refractivity contribution in [2.45, 2.75) is 20.3 Å². The lowest BCUT2D eigenvalue weighted by Gasteiger charge is -1.95. The van der Waals surface area contributed by atoms with Crippen LogP contribution in [0, 0.1) is 0 Å². The number of ether oxygens (including phenoxy) is 1. The maximum absolute atomic E-state index is 9.80. The van der Waals surface area contributed by atoms with Crippen LogP contribution in [0.15, 0.2) is 11.6 Å². The van der Waals surface area contributed by atoms with Gasteiger partial charge >= 0.3 is 6.16 Å². The molecule has 0 aliphatic rings. The van der Waals surface area contributed by atoms with Crippen LogP contribution in [0.5, 0.6) is 0 Å². The summed E-state index contributed by atoms with van der Waals surface area (Å²) in [5, 5.41) is 8.04. The van der Waals surface area contributed by atoms with E-state index >= 15 is 0 Å². The van der Waals surface area contributed by atoms with Crippen molar-refractivity contribution in [1.82, 2.24) is 0 Å². The van der Waals surface area contributed by atoms with E-state index < -0.39 is 6.16 Å². The number of carbonyl (C=O) groups is 1. The zero-order chi connectivity index (χ0) is 7.98. The summed E-state index contributed by atoms with van der Waals surface area (Å²) in [6.07, 6.45) is 1.39. The molecule has 0 heterocycles. The molecule has 0 aromatic heterocycles. The summed E-state index contributed by atoms with van der Waals surface area (Å²) in [4.78, 5) is 9.80. The van der Waals surface area contributed by atoms with Gasteiger partial charge in [-0.05, 0) is 20.3 Å². The minimum atomic E-state index is -1.21. The first-order valence-corrected chi connectivity index (χ1v) is 3.12. The fourth-order valence-electron chi connectivity index (χ4n) is 0.494. The van der Waals surface area contributed by atoms with Crippen LogP contribution in [0.25, 0.3) is 0 Å². The summed E-state index contributed by atoms with van der Waals surface area (Å²) in [7, 11) is 0. The molecule has 0 aromatic rings. The topological polar surface area (TPSA) is 46.5 Å². The third-order valence-electron chi connectivity index (χ3n) is 0.896. The van der Waals surface area contributed by atoms with E-state index in [1.165, 1.54) is 5.57 Å². The third kappa shape index (κ3) is 7.01. The van der Waals surface area contributed by atoms with Crippen molar-refractivity contribution in [3.05, 3.63) is 11.6 Å². The molecule has 0 aromatic carbocycles. The lowest BCUT2D eigenvalue weighted by Crippen LogP contribution is -2.00. The van der Waals surface area contributed by atoms with Crippen LogP contribution in [0.4, 0.5) is 4.79 Å². The van der Waals surface area contributed by atoms with Gasteiger partial charge in [0.2, 0.25) is 0 Å². The minimum Gasteiger partial charge on any atom is -0.450 e. The molecule has 0 fully saturated rings. The minimum absolute atomic E-state index is 0.251. The van der Waals surface area contributed by atoms with Crippen molar-refractivity contribution in [2.75, 3.05) is 6.61 Å². The Labute approximate surface area is 60.3 Å². The largest absolute Gasteiger partial charge is 0.505 e. The summed E-state index contributed by atoms with van der Waals surface area (Å²) < 4.78 is 4.26. The van der Waals surface area contributed by atoms with E-state index in [9.17, 15) is 4.79 Å². The summed E-state index contributed by atoms with van der Waals surface area (Å²) in [5.41, 5.74) is 1.17. The monoisotopic (exact) mass is 144 g/mol. The SMILES string of the molecule is CC(C)=CCCOC(=O)O. The zero-order valence-electron chi connectivity index (χ0n) is 6.26. The molecule has 1 N–H and O–H groups in total. The molecule has 3 heteroatoms. The molecule has 0 saturated heterocycles. The van der Waals surface area contributed by atoms with Gasteiger partial charge in [0.15, 0.2) is 0 Å². The van der Waals surface area contributed by atoms with Crippen LogP contribution >= 0.6 is 0 Å². The van der Waals surface area contributed by atoms with Gasteiger partial charge < -0.3 is 9.84 Å². The van der Waals surface area contributed by atoms with Crippen LogP contribution in [0.1, 0.15) is 20.3 Å². The molecular formula is C7H12O3. The van der Waals surface area contributed by atoms with Crippen molar-refractivity contribution in [3.63, 3.8) is 0 Å². The second-order valence-corrected chi connectivity index (χ2v) is 2.18. The molecule has 0 unspecified atom stereocenters. The van der Waals surface area contributed by atoms with E-state index in [1.54, 1.807) is 0 Å². The van der Waals surface area contributed by atoms with Crippen LogP contribution in [0.2, 0.25) is 0 Å². The van der Waals surface area contributed by atoms with Crippen molar-refractivity contribution in [2.24, 2.45) is 0 Å². The Bertz CT molecular complexity index is 134. The molecule has 0 atom stereocenters. The van der Waals surface area contributed by atoms with Crippen molar-refractivity contribution < 1.29 is 14.6 Å². The number of rotatable bonds is 3. The van der Waals surface area contributed by atoms with E-state index in [1.807, 2.05) is 19.9 Å². The van der Waals surface area contributed by atoms with Crippen molar-refractivity contribution in [1.29, 1.82) is 0 Å². The highest BCUT2D eigenvalue weighted by Gasteiger charge is 1.91. The van der Waals surface area contributed by atoms with Gasteiger partial charge in [-0.1, -0.05) is 11.6 Å². The van der Waals surface area contributed by atoms with Crippen molar-refractivity contribution >= 4 is 6.16 Å². The molecule has 0 bridgehead atoms. The summed E-state index contributed by atoms with van der Waals surface area (Å²) in [6.45, 7) is 4.17. The standard InChI is InChI=1S/C7H12O3/c1-6(2)4-3-5-10-7(8)9/h4H,3,5H2,1-2H3,(H,8,9). The van der Waals surface area contributed by atoms with E-state index in [4.69, 9.17) is 5.11 Å². The highest BCUT2D eigenvalue weighted by Crippen LogP contribution is 1.92. The number of hydrogen-bond donors (Lipinski definition) is 1. The van der Waals surface area contributed by atoms with Gasteiger partial charge in [-0.15, -0.1) is 0 Å². The predicted molar refractivity (Wildman–Crippen MR) is 38.0 cm³/mol. The molecule has 0 saturated carbocycles. The smallest absolute Gasteiger partial charge is 0.450 e. The Morgan fingerprint density at radius 3 is 2.60 bits per heavy atom. The molecule has 0 aliphatic heterocycles. The van der Waals surface area contributed by atoms with Crippen LogP contribution in [-0.4, -0.2) is 17.9 Å². The predicted octanol–water partition coefficient (Wildman–Crippen LogP) is 2.04. The fraction of sp³-hybridized carbons (Fsp3) is 0.571.